The van der Waals surface area contributed by atoms with E-state index in [-0.39, 0.29) is 23.7 Å². The first-order chi connectivity index (χ1) is 6.66. The van der Waals surface area contributed by atoms with E-state index in [9.17, 15) is 9.18 Å². The van der Waals surface area contributed by atoms with Gasteiger partial charge in [-0.15, -0.1) is 0 Å². The molecule has 2 rings (SSSR count). The SMILES string of the molecule is C[C@H]1NC(=O)C[C@H]1c1ccc(F)cc1. The predicted octanol–water partition coefficient (Wildman–Crippen LogP) is 1.82. The lowest BCUT2D eigenvalue weighted by atomic mass is 9.93. The van der Waals surface area contributed by atoms with Crippen LogP contribution >= 0.6 is 0 Å². The zero-order valence-corrected chi connectivity index (χ0v) is 7.96. The van der Waals surface area contributed by atoms with Gasteiger partial charge in [0.1, 0.15) is 5.82 Å². The van der Waals surface area contributed by atoms with Gasteiger partial charge in [0.25, 0.3) is 0 Å². The lowest BCUT2D eigenvalue weighted by Crippen LogP contribution is -2.24. The van der Waals surface area contributed by atoms with Crippen LogP contribution in [0.15, 0.2) is 24.3 Å². The number of amides is 1. The minimum Gasteiger partial charge on any atom is -0.353 e. The fraction of sp³-hybridized carbons (Fsp3) is 0.364. The lowest BCUT2D eigenvalue weighted by Gasteiger charge is -2.13. The van der Waals surface area contributed by atoms with Crippen LogP contribution in [0.25, 0.3) is 0 Å². The van der Waals surface area contributed by atoms with Crippen molar-refractivity contribution in [2.45, 2.75) is 25.3 Å². The van der Waals surface area contributed by atoms with E-state index in [1.54, 1.807) is 12.1 Å². The fourth-order valence-electron chi connectivity index (χ4n) is 1.91. The van der Waals surface area contributed by atoms with Crippen LogP contribution in [-0.4, -0.2) is 11.9 Å². The predicted molar refractivity (Wildman–Crippen MR) is 51.4 cm³/mol. The van der Waals surface area contributed by atoms with Crippen molar-refractivity contribution in [2.75, 3.05) is 0 Å². The summed E-state index contributed by atoms with van der Waals surface area (Å²) in [5.41, 5.74) is 1.03. The van der Waals surface area contributed by atoms with Crippen molar-refractivity contribution >= 4 is 5.91 Å². The molecule has 0 aliphatic carbocycles. The number of carbonyl (C=O) groups is 1. The molecule has 0 bridgehead atoms. The minimum atomic E-state index is -0.237. The summed E-state index contributed by atoms with van der Waals surface area (Å²) in [6.45, 7) is 1.97. The molecule has 3 heteroatoms. The third-order valence-corrected chi connectivity index (χ3v) is 2.70. The van der Waals surface area contributed by atoms with Gasteiger partial charge in [-0.25, -0.2) is 4.39 Å². The monoisotopic (exact) mass is 193 g/mol. The molecule has 1 heterocycles. The molecule has 2 nitrogen and oxygen atoms in total. The second kappa shape index (κ2) is 3.40. The van der Waals surface area contributed by atoms with Crippen LogP contribution in [0.2, 0.25) is 0 Å². The van der Waals surface area contributed by atoms with Crippen molar-refractivity contribution in [3.05, 3.63) is 35.6 Å². The molecule has 0 saturated carbocycles. The van der Waals surface area contributed by atoms with Gasteiger partial charge in [-0.05, 0) is 24.6 Å². The quantitative estimate of drug-likeness (QED) is 0.724. The molecule has 1 N–H and O–H groups in total. The van der Waals surface area contributed by atoms with Gasteiger partial charge in [0, 0.05) is 18.4 Å². The van der Waals surface area contributed by atoms with Crippen LogP contribution in [0, 0.1) is 5.82 Å². The molecule has 1 amide bonds. The molecule has 1 fully saturated rings. The van der Waals surface area contributed by atoms with Crippen LogP contribution in [0.3, 0.4) is 0 Å². The van der Waals surface area contributed by atoms with Gasteiger partial charge in [0.15, 0.2) is 0 Å². The Balaban J connectivity index is 2.23. The Morgan fingerprint density at radius 1 is 1.36 bits per heavy atom. The molecule has 2 atom stereocenters. The Morgan fingerprint density at radius 2 is 2.00 bits per heavy atom. The average molecular weight is 193 g/mol. The smallest absolute Gasteiger partial charge is 0.220 e. The Kier molecular flexibility index (Phi) is 2.23. The van der Waals surface area contributed by atoms with Crippen molar-refractivity contribution in [1.82, 2.24) is 5.32 Å². The van der Waals surface area contributed by atoms with E-state index >= 15 is 0 Å². The molecule has 0 radical (unpaired) electrons. The largest absolute Gasteiger partial charge is 0.353 e. The van der Waals surface area contributed by atoms with Crippen molar-refractivity contribution in [3.8, 4) is 0 Å². The Bertz CT molecular complexity index is 347. The lowest BCUT2D eigenvalue weighted by molar-refractivity contribution is -0.119. The number of hydrogen-bond donors (Lipinski definition) is 1. The van der Waals surface area contributed by atoms with E-state index in [1.807, 2.05) is 6.92 Å². The van der Waals surface area contributed by atoms with Gasteiger partial charge >= 0.3 is 0 Å². The van der Waals surface area contributed by atoms with Crippen molar-refractivity contribution in [1.29, 1.82) is 0 Å². The average Bonchev–Trinajstić information content (AvgIpc) is 2.47. The maximum Gasteiger partial charge on any atom is 0.220 e. The fourth-order valence-corrected chi connectivity index (χ4v) is 1.91. The number of rotatable bonds is 1. The van der Waals surface area contributed by atoms with Crippen LogP contribution < -0.4 is 5.32 Å². The summed E-state index contributed by atoms with van der Waals surface area (Å²) in [7, 11) is 0. The van der Waals surface area contributed by atoms with E-state index in [2.05, 4.69) is 5.32 Å². The molecular formula is C11H12FNO. The highest BCUT2D eigenvalue weighted by molar-refractivity contribution is 5.80. The summed E-state index contributed by atoms with van der Waals surface area (Å²) in [6.07, 6.45) is 0.507. The molecule has 1 saturated heterocycles. The van der Waals surface area contributed by atoms with Crippen LogP contribution in [-0.2, 0) is 4.79 Å². The number of carbonyl (C=O) groups excluding carboxylic acids is 1. The van der Waals surface area contributed by atoms with Crippen molar-refractivity contribution < 1.29 is 9.18 Å². The highest BCUT2D eigenvalue weighted by Crippen LogP contribution is 2.27. The normalized spacial score (nSPS) is 26.3. The Hall–Kier alpha value is -1.38. The van der Waals surface area contributed by atoms with Gasteiger partial charge in [0.05, 0.1) is 0 Å². The molecule has 0 unspecified atom stereocenters. The molecule has 1 aliphatic heterocycles. The third kappa shape index (κ3) is 1.62. The van der Waals surface area contributed by atoms with Gasteiger partial charge in [-0.2, -0.15) is 0 Å². The van der Waals surface area contributed by atoms with Crippen LogP contribution in [0.4, 0.5) is 4.39 Å². The minimum absolute atomic E-state index is 0.0758. The van der Waals surface area contributed by atoms with Gasteiger partial charge in [-0.1, -0.05) is 12.1 Å². The van der Waals surface area contributed by atoms with Gasteiger partial charge in [0.2, 0.25) is 5.91 Å². The molecular weight excluding hydrogens is 181 g/mol. The maximum absolute atomic E-state index is 12.7. The van der Waals surface area contributed by atoms with E-state index < -0.39 is 0 Å². The second-order valence-electron chi connectivity index (χ2n) is 3.72. The third-order valence-electron chi connectivity index (χ3n) is 2.70. The standard InChI is InChI=1S/C11H12FNO/c1-7-10(6-11(14)13-7)8-2-4-9(12)5-3-8/h2-5,7,10H,6H2,1H3,(H,13,14)/t7-,10-/m1/s1. The number of halogens is 1. The van der Waals surface area contributed by atoms with E-state index in [0.29, 0.717) is 6.42 Å². The molecule has 0 aromatic heterocycles. The summed E-state index contributed by atoms with van der Waals surface area (Å²) >= 11 is 0. The number of hydrogen-bond acceptors (Lipinski definition) is 1. The first-order valence-electron chi connectivity index (χ1n) is 4.71. The zero-order valence-electron chi connectivity index (χ0n) is 7.96. The summed E-state index contributed by atoms with van der Waals surface area (Å²) in [5.74, 6) is 0.0219. The van der Waals surface area contributed by atoms with Gasteiger partial charge in [-0.3, -0.25) is 4.79 Å². The summed E-state index contributed by atoms with van der Waals surface area (Å²) < 4.78 is 12.7. The maximum atomic E-state index is 12.7. The van der Waals surface area contributed by atoms with E-state index in [4.69, 9.17) is 0 Å². The molecule has 74 valence electrons. The van der Waals surface area contributed by atoms with Crippen LogP contribution in [0.1, 0.15) is 24.8 Å². The zero-order chi connectivity index (χ0) is 10.1. The van der Waals surface area contributed by atoms with Gasteiger partial charge < -0.3 is 5.32 Å². The van der Waals surface area contributed by atoms with Crippen molar-refractivity contribution in [3.63, 3.8) is 0 Å². The summed E-state index contributed by atoms with van der Waals surface area (Å²) in [6, 6.07) is 6.51. The second-order valence-corrected chi connectivity index (χ2v) is 3.72. The number of benzene rings is 1. The van der Waals surface area contributed by atoms with Crippen LogP contribution in [0.5, 0.6) is 0 Å². The highest BCUT2D eigenvalue weighted by atomic mass is 19.1. The van der Waals surface area contributed by atoms with E-state index in [1.165, 1.54) is 12.1 Å². The Morgan fingerprint density at radius 3 is 2.50 bits per heavy atom. The first kappa shape index (κ1) is 9.19. The highest BCUT2D eigenvalue weighted by Gasteiger charge is 2.29. The van der Waals surface area contributed by atoms with E-state index in [0.717, 1.165) is 5.56 Å². The molecule has 1 aromatic rings. The topological polar surface area (TPSA) is 29.1 Å². The number of nitrogens with one attached hydrogen (secondary N) is 1. The summed E-state index contributed by atoms with van der Waals surface area (Å²) in [5, 5.41) is 2.85. The summed E-state index contributed by atoms with van der Waals surface area (Å²) in [4.78, 5) is 11.1. The molecule has 1 aliphatic rings. The molecule has 1 aromatic carbocycles. The molecule has 14 heavy (non-hydrogen) atoms. The van der Waals surface area contributed by atoms with Crippen molar-refractivity contribution in [2.24, 2.45) is 0 Å². The molecule has 0 spiro atoms. The Labute approximate surface area is 82.1 Å². The first-order valence-corrected chi connectivity index (χ1v) is 4.71.